The smallest absolute Gasteiger partial charge is 0.251 e. The zero-order valence-corrected chi connectivity index (χ0v) is 9.14. The van der Waals surface area contributed by atoms with Crippen LogP contribution in [0.15, 0.2) is 12.1 Å². The van der Waals surface area contributed by atoms with Crippen LogP contribution in [0.3, 0.4) is 0 Å². The molecule has 94 valence electrons. The van der Waals surface area contributed by atoms with Crippen LogP contribution < -0.4 is 5.32 Å². The van der Waals surface area contributed by atoms with Crippen LogP contribution in [0.1, 0.15) is 23.7 Å². The summed E-state index contributed by atoms with van der Waals surface area (Å²) in [6, 6.07) is 1.24. The molecule has 0 radical (unpaired) electrons. The molecule has 0 bridgehead atoms. The molecule has 0 aliphatic rings. The van der Waals surface area contributed by atoms with E-state index in [9.17, 15) is 18.0 Å². The van der Waals surface area contributed by atoms with E-state index < -0.39 is 29.5 Å². The fourth-order valence-corrected chi connectivity index (χ4v) is 1.18. The first-order chi connectivity index (χ1) is 7.91. The number of amides is 1. The first-order valence-corrected chi connectivity index (χ1v) is 5.02. The molecule has 0 saturated carbocycles. The molecule has 1 aromatic rings. The number of carbonyl (C=O) groups excluding carboxylic acids is 1. The van der Waals surface area contributed by atoms with Crippen LogP contribution in [0.2, 0.25) is 0 Å². The predicted octanol–water partition coefficient (Wildman–Crippen LogP) is 1.60. The summed E-state index contributed by atoms with van der Waals surface area (Å²) in [6.45, 7) is 1.71. The van der Waals surface area contributed by atoms with Crippen LogP contribution in [0.4, 0.5) is 13.2 Å². The van der Waals surface area contributed by atoms with Gasteiger partial charge in [0.25, 0.3) is 5.91 Å². The summed E-state index contributed by atoms with van der Waals surface area (Å²) in [6.07, 6.45) is -0.269. The SMILES string of the molecule is CC(O)CCNC(=O)c1cc(F)c(F)c(F)c1. The van der Waals surface area contributed by atoms with Crippen molar-refractivity contribution < 1.29 is 23.1 Å². The molecule has 0 heterocycles. The standard InChI is InChI=1S/C11H12F3NO2/c1-6(16)2-3-15-11(17)7-4-8(12)10(14)9(13)5-7/h4-6,16H,2-3H2,1H3,(H,15,17). The topological polar surface area (TPSA) is 49.3 Å². The first kappa shape index (κ1) is 13.5. The van der Waals surface area contributed by atoms with Crippen LogP contribution in [0, 0.1) is 17.5 Å². The lowest BCUT2D eigenvalue weighted by Crippen LogP contribution is -2.26. The molecule has 0 spiro atoms. The quantitative estimate of drug-likeness (QED) is 0.794. The van der Waals surface area contributed by atoms with Gasteiger partial charge in [0.05, 0.1) is 6.10 Å². The number of hydrogen-bond acceptors (Lipinski definition) is 2. The molecule has 0 aliphatic heterocycles. The minimum atomic E-state index is -1.61. The molecule has 0 aliphatic carbocycles. The normalized spacial score (nSPS) is 12.3. The Morgan fingerprint density at radius 1 is 1.35 bits per heavy atom. The molecule has 0 aromatic heterocycles. The summed E-state index contributed by atoms with van der Waals surface area (Å²) in [7, 11) is 0. The zero-order chi connectivity index (χ0) is 13.0. The molecular formula is C11H12F3NO2. The molecule has 0 saturated heterocycles. The van der Waals surface area contributed by atoms with Crippen molar-refractivity contribution >= 4 is 5.91 Å². The van der Waals surface area contributed by atoms with Gasteiger partial charge in [-0.1, -0.05) is 0 Å². The van der Waals surface area contributed by atoms with E-state index in [1.807, 2.05) is 0 Å². The predicted molar refractivity (Wildman–Crippen MR) is 54.9 cm³/mol. The molecule has 2 N–H and O–H groups in total. The van der Waals surface area contributed by atoms with Crippen molar-refractivity contribution in [2.24, 2.45) is 0 Å². The van der Waals surface area contributed by atoms with Gasteiger partial charge < -0.3 is 10.4 Å². The lowest BCUT2D eigenvalue weighted by atomic mass is 10.2. The first-order valence-electron chi connectivity index (χ1n) is 5.02. The lowest BCUT2D eigenvalue weighted by molar-refractivity contribution is 0.0944. The van der Waals surface area contributed by atoms with E-state index >= 15 is 0 Å². The summed E-state index contributed by atoms with van der Waals surface area (Å²) in [5.74, 6) is -5.15. The van der Waals surface area contributed by atoms with E-state index in [4.69, 9.17) is 5.11 Å². The van der Waals surface area contributed by atoms with Crippen LogP contribution in [-0.2, 0) is 0 Å². The number of benzene rings is 1. The van der Waals surface area contributed by atoms with Crippen molar-refractivity contribution in [3.8, 4) is 0 Å². The van der Waals surface area contributed by atoms with Crippen molar-refractivity contribution in [3.05, 3.63) is 35.1 Å². The molecule has 1 unspecified atom stereocenters. The second-order valence-corrected chi connectivity index (χ2v) is 3.65. The second kappa shape index (κ2) is 5.67. The second-order valence-electron chi connectivity index (χ2n) is 3.65. The molecule has 1 amide bonds. The fraction of sp³-hybridized carbons (Fsp3) is 0.364. The third kappa shape index (κ3) is 3.74. The maximum atomic E-state index is 12.8. The molecule has 1 aromatic carbocycles. The summed E-state index contributed by atoms with van der Waals surface area (Å²) < 4.78 is 38.2. The van der Waals surface area contributed by atoms with Gasteiger partial charge in [-0.3, -0.25) is 4.79 Å². The van der Waals surface area contributed by atoms with Crippen molar-refractivity contribution in [2.75, 3.05) is 6.54 Å². The van der Waals surface area contributed by atoms with Gasteiger partial charge in [-0.2, -0.15) is 0 Å². The monoisotopic (exact) mass is 247 g/mol. The Labute approximate surface area is 96.3 Å². The van der Waals surface area contributed by atoms with Crippen molar-refractivity contribution in [1.29, 1.82) is 0 Å². The van der Waals surface area contributed by atoms with Gasteiger partial charge in [0, 0.05) is 12.1 Å². The van der Waals surface area contributed by atoms with Gasteiger partial charge in [0.1, 0.15) is 0 Å². The average Bonchev–Trinajstić information content (AvgIpc) is 2.24. The Kier molecular flexibility index (Phi) is 4.51. The highest BCUT2D eigenvalue weighted by Crippen LogP contribution is 2.13. The molecule has 1 rings (SSSR count). The number of aliphatic hydroxyl groups is 1. The van der Waals surface area contributed by atoms with E-state index in [-0.39, 0.29) is 12.1 Å². The maximum absolute atomic E-state index is 12.8. The number of aliphatic hydroxyl groups excluding tert-OH is 1. The van der Waals surface area contributed by atoms with Gasteiger partial charge in [-0.15, -0.1) is 0 Å². The number of rotatable bonds is 4. The average molecular weight is 247 g/mol. The number of nitrogens with one attached hydrogen (secondary N) is 1. The third-order valence-corrected chi connectivity index (χ3v) is 2.09. The van der Waals surface area contributed by atoms with Gasteiger partial charge in [-0.25, -0.2) is 13.2 Å². The van der Waals surface area contributed by atoms with Gasteiger partial charge in [0.15, 0.2) is 17.5 Å². The molecule has 1 atom stereocenters. The lowest BCUT2D eigenvalue weighted by Gasteiger charge is -2.07. The Balaban J connectivity index is 2.70. The van der Waals surface area contributed by atoms with Crippen LogP contribution in [-0.4, -0.2) is 23.7 Å². The summed E-state index contributed by atoms with van der Waals surface area (Å²) in [4.78, 5) is 11.4. The van der Waals surface area contributed by atoms with Gasteiger partial charge in [0.2, 0.25) is 0 Å². The Morgan fingerprint density at radius 3 is 2.35 bits per heavy atom. The van der Waals surface area contributed by atoms with E-state index in [1.54, 1.807) is 6.92 Å². The molecule has 0 fully saturated rings. The van der Waals surface area contributed by atoms with Gasteiger partial charge in [-0.05, 0) is 25.5 Å². The van der Waals surface area contributed by atoms with Crippen LogP contribution in [0.25, 0.3) is 0 Å². The third-order valence-electron chi connectivity index (χ3n) is 2.09. The fourth-order valence-electron chi connectivity index (χ4n) is 1.18. The summed E-state index contributed by atoms with van der Waals surface area (Å²) >= 11 is 0. The minimum absolute atomic E-state index is 0.164. The highest BCUT2D eigenvalue weighted by atomic mass is 19.2. The maximum Gasteiger partial charge on any atom is 0.251 e. The van der Waals surface area contributed by atoms with E-state index in [1.165, 1.54) is 0 Å². The number of carbonyl (C=O) groups is 1. The van der Waals surface area contributed by atoms with E-state index in [0.29, 0.717) is 18.6 Å². The molecule has 6 heteroatoms. The minimum Gasteiger partial charge on any atom is -0.393 e. The van der Waals surface area contributed by atoms with Crippen LogP contribution in [0.5, 0.6) is 0 Å². The van der Waals surface area contributed by atoms with Crippen LogP contribution >= 0.6 is 0 Å². The summed E-state index contributed by atoms with van der Waals surface area (Å²) in [5, 5.41) is 11.3. The number of halogens is 3. The van der Waals surface area contributed by atoms with Crippen molar-refractivity contribution in [2.45, 2.75) is 19.4 Å². The molecule has 17 heavy (non-hydrogen) atoms. The Bertz CT molecular complexity index is 398. The van der Waals surface area contributed by atoms with E-state index in [0.717, 1.165) is 0 Å². The highest BCUT2D eigenvalue weighted by Gasteiger charge is 2.14. The Hall–Kier alpha value is -1.56. The largest absolute Gasteiger partial charge is 0.393 e. The Morgan fingerprint density at radius 2 is 1.88 bits per heavy atom. The van der Waals surface area contributed by atoms with Gasteiger partial charge >= 0.3 is 0 Å². The molecule has 3 nitrogen and oxygen atoms in total. The summed E-state index contributed by atoms with van der Waals surface area (Å²) in [5.41, 5.74) is -0.299. The number of hydrogen-bond donors (Lipinski definition) is 2. The van der Waals surface area contributed by atoms with E-state index in [2.05, 4.69) is 5.32 Å². The highest BCUT2D eigenvalue weighted by molar-refractivity contribution is 5.94. The zero-order valence-electron chi connectivity index (χ0n) is 9.14. The molecular weight excluding hydrogens is 235 g/mol. The van der Waals surface area contributed by atoms with Crippen molar-refractivity contribution in [1.82, 2.24) is 5.32 Å². The van der Waals surface area contributed by atoms with Crippen molar-refractivity contribution in [3.63, 3.8) is 0 Å².